The van der Waals surface area contributed by atoms with Crippen LogP contribution in [0.5, 0.6) is 11.5 Å². The van der Waals surface area contributed by atoms with E-state index in [1.807, 2.05) is 109 Å². The normalized spacial score (nSPS) is 12.8. The Morgan fingerprint density at radius 2 is 0.794 bits per heavy atom. The number of hydrogen-bond donors (Lipinski definition) is 4. The molecule has 0 aromatic heterocycles. The first kappa shape index (κ1) is 51.6. The summed E-state index contributed by atoms with van der Waals surface area (Å²) in [6.45, 7) is 7.52. The second kappa shape index (κ2) is 25.0. The first-order valence-corrected chi connectivity index (χ1v) is 26.8. The smallest absolute Gasteiger partial charge is 0.229 e. The molecule has 6 aromatic rings. The van der Waals surface area contributed by atoms with Crippen molar-refractivity contribution >= 4 is 31.4 Å². The highest BCUT2D eigenvalue weighted by Crippen LogP contribution is 2.37. The van der Waals surface area contributed by atoms with Gasteiger partial charge >= 0.3 is 0 Å². The quantitative estimate of drug-likeness (QED) is 0.0367. The Balaban J connectivity index is 1.10. The topological polar surface area (TPSA) is 158 Å². The van der Waals surface area contributed by atoms with Crippen LogP contribution in [0.15, 0.2) is 146 Å². The Labute approximate surface area is 403 Å². The number of rotatable bonds is 27. The maximum Gasteiger partial charge on any atom is 0.229 e. The Morgan fingerprint density at radius 3 is 1.12 bits per heavy atom. The second-order valence-electron chi connectivity index (χ2n) is 17.5. The molecule has 6 aromatic carbocycles. The van der Waals surface area contributed by atoms with Crippen LogP contribution in [-0.4, -0.2) is 75.5 Å². The van der Waals surface area contributed by atoms with Crippen molar-refractivity contribution in [1.82, 2.24) is 9.80 Å². The summed E-state index contributed by atoms with van der Waals surface area (Å²) in [5, 5.41) is 23.6. The molecule has 0 saturated carbocycles. The van der Waals surface area contributed by atoms with E-state index in [0.717, 1.165) is 73.5 Å². The van der Waals surface area contributed by atoms with Gasteiger partial charge in [0, 0.05) is 26.2 Å². The predicted molar refractivity (Wildman–Crippen MR) is 273 cm³/mol. The van der Waals surface area contributed by atoms with Gasteiger partial charge < -0.3 is 19.7 Å². The highest BCUT2D eigenvalue weighted by Gasteiger charge is 2.23. The zero-order chi connectivity index (χ0) is 48.5. The number of nitrogens with zero attached hydrogens (tertiary/aromatic N) is 2. The van der Waals surface area contributed by atoms with Crippen LogP contribution in [0.4, 0.5) is 11.4 Å². The molecule has 4 N–H and O–H groups in total. The molecule has 0 bridgehead atoms. The molecule has 0 aliphatic carbocycles. The molecular weight excluding hydrogens is 897 g/mol. The highest BCUT2D eigenvalue weighted by atomic mass is 32.2. The van der Waals surface area contributed by atoms with Crippen molar-refractivity contribution in [3.8, 4) is 11.5 Å². The van der Waals surface area contributed by atoms with Crippen molar-refractivity contribution in [3.63, 3.8) is 0 Å². The van der Waals surface area contributed by atoms with E-state index in [1.54, 1.807) is 26.0 Å². The van der Waals surface area contributed by atoms with Gasteiger partial charge in [-0.2, -0.15) is 0 Å². The Bertz CT molecular complexity index is 2520. The van der Waals surface area contributed by atoms with E-state index in [1.165, 1.54) is 0 Å². The molecule has 6 rings (SSSR count). The fourth-order valence-electron chi connectivity index (χ4n) is 8.33. The second-order valence-corrected chi connectivity index (χ2v) is 21.0. The zero-order valence-corrected chi connectivity index (χ0v) is 41.2. The van der Waals surface area contributed by atoms with Gasteiger partial charge in [0.15, 0.2) is 0 Å². The molecule has 2 unspecified atom stereocenters. The molecule has 0 amide bonds. The minimum Gasteiger partial charge on any atom is -0.487 e. The van der Waals surface area contributed by atoms with E-state index in [0.29, 0.717) is 71.3 Å². The highest BCUT2D eigenvalue weighted by molar-refractivity contribution is 7.92. The van der Waals surface area contributed by atoms with Crippen LogP contribution >= 0.6 is 0 Å². The summed E-state index contributed by atoms with van der Waals surface area (Å²) >= 11 is 0. The average Bonchev–Trinajstić information content (AvgIpc) is 3.31. The predicted octanol–water partition coefficient (Wildman–Crippen LogP) is 9.54. The molecule has 14 heteroatoms. The number of aliphatic hydroxyl groups excluding tert-OH is 2. The molecule has 12 nitrogen and oxygen atoms in total. The van der Waals surface area contributed by atoms with Gasteiger partial charge in [-0.3, -0.25) is 19.2 Å². The fraction of sp³-hybridized carbons (Fsp3) is 0.333. The van der Waals surface area contributed by atoms with Crippen LogP contribution in [0.2, 0.25) is 0 Å². The number of hydrogen-bond acceptors (Lipinski definition) is 10. The van der Waals surface area contributed by atoms with Gasteiger partial charge in [-0.05, 0) is 96.4 Å². The van der Waals surface area contributed by atoms with E-state index >= 15 is 0 Å². The minimum absolute atomic E-state index is 0.257. The van der Waals surface area contributed by atoms with Crippen molar-refractivity contribution in [2.45, 2.75) is 78.0 Å². The molecule has 0 fully saturated rings. The van der Waals surface area contributed by atoms with Crippen molar-refractivity contribution in [2.24, 2.45) is 0 Å². The lowest BCUT2D eigenvalue weighted by molar-refractivity contribution is 0.104. The van der Waals surface area contributed by atoms with Gasteiger partial charge in [0.25, 0.3) is 0 Å². The summed E-state index contributed by atoms with van der Waals surface area (Å²) in [6, 6.07) is 46.7. The summed E-state index contributed by atoms with van der Waals surface area (Å²) in [7, 11) is -7.31. The Kier molecular flexibility index (Phi) is 19.0. The lowest BCUT2D eigenvalue weighted by Crippen LogP contribution is -2.30. The van der Waals surface area contributed by atoms with Crippen LogP contribution in [-0.2, 0) is 46.3 Å². The van der Waals surface area contributed by atoms with Gasteiger partial charge in [-0.25, -0.2) is 16.8 Å². The number of ether oxygens (including phenoxy) is 2. The van der Waals surface area contributed by atoms with Gasteiger partial charge in [0.05, 0.1) is 36.1 Å². The lowest BCUT2D eigenvalue weighted by Gasteiger charge is -2.28. The zero-order valence-electron chi connectivity index (χ0n) is 39.6. The van der Waals surface area contributed by atoms with Crippen molar-refractivity contribution in [3.05, 3.63) is 190 Å². The van der Waals surface area contributed by atoms with Crippen LogP contribution in [0.25, 0.3) is 0 Å². The van der Waals surface area contributed by atoms with Gasteiger partial charge in [-0.15, -0.1) is 0 Å². The van der Waals surface area contributed by atoms with Crippen LogP contribution in [0.1, 0.15) is 82.4 Å². The average molecular weight is 963 g/mol. The van der Waals surface area contributed by atoms with Crippen molar-refractivity contribution in [2.75, 3.05) is 48.1 Å². The number of aliphatic hydroxyl groups is 2. The van der Waals surface area contributed by atoms with Crippen molar-refractivity contribution in [1.29, 1.82) is 0 Å². The van der Waals surface area contributed by atoms with Crippen molar-refractivity contribution < 1.29 is 36.5 Å². The largest absolute Gasteiger partial charge is 0.487 e. The van der Waals surface area contributed by atoms with Gasteiger partial charge in [-0.1, -0.05) is 146 Å². The molecule has 0 heterocycles. The molecule has 0 saturated heterocycles. The van der Waals surface area contributed by atoms with Crippen LogP contribution < -0.4 is 18.9 Å². The molecule has 0 radical (unpaired) electrons. The number of anilines is 2. The summed E-state index contributed by atoms with van der Waals surface area (Å²) in [5.41, 5.74) is 7.20. The van der Waals surface area contributed by atoms with Crippen LogP contribution in [0.3, 0.4) is 0 Å². The third kappa shape index (κ3) is 16.5. The van der Waals surface area contributed by atoms with Crippen LogP contribution in [0, 0.1) is 13.8 Å². The molecule has 0 aliphatic heterocycles. The van der Waals surface area contributed by atoms with E-state index < -0.39 is 32.3 Å². The molecule has 68 heavy (non-hydrogen) atoms. The Hall–Kier alpha value is -5.74. The monoisotopic (exact) mass is 962 g/mol. The fourth-order valence-corrected chi connectivity index (χ4v) is 9.58. The van der Waals surface area contributed by atoms with E-state index in [9.17, 15) is 27.0 Å². The summed E-state index contributed by atoms with van der Waals surface area (Å²) in [5.74, 6) is 0.770. The number of nitrogens with one attached hydrogen (secondary N) is 2. The number of sulfonamides is 2. The Morgan fingerprint density at radius 1 is 0.471 bits per heavy atom. The maximum atomic E-state index is 12.5. The molecule has 362 valence electrons. The summed E-state index contributed by atoms with van der Waals surface area (Å²) in [4.78, 5) is 4.49. The van der Waals surface area contributed by atoms with Gasteiger partial charge in [0.1, 0.15) is 24.7 Å². The third-order valence-electron chi connectivity index (χ3n) is 11.8. The third-order valence-corrected chi connectivity index (χ3v) is 12.9. The lowest BCUT2D eigenvalue weighted by atomic mass is 10.00. The van der Waals surface area contributed by atoms with E-state index in [4.69, 9.17) is 9.47 Å². The molecule has 0 spiro atoms. The maximum absolute atomic E-state index is 12.5. The SMILES string of the molecule is Cc1c(C(O)CN(CCCCCCN(Cc2ccccc2)CC(O)c2ccc(OCc3ccccc3)c(NS(C)(=O)=O)c2C)Cc2ccccc2)ccc(OCc2ccccc2)c1NS(C)(=O)=O. The standard InChI is InChI=1S/C54H66N4O8S2/c1-41-47(29-31-51(53(41)55-67(3,61)62)65-39-45-25-15-9-16-26-45)49(59)37-57(35-43-21-11-7-12-22-43)33-19-5-6-20-34-58(36-44-23-13-8-14-24-44)38-50(60)48-30-32-52(54(42(48)2)56-68(4,63)64)66-40-46-27-17-10-18-28-46/h7-18,21-32,49-50,55-56,59-60H,5-6,19-20,33-40H2,1-4H3. The summed E-state index contributed by atoms with van der Waals surface area (Å²) < 4.78 is 67.5. The number of unbranched alkanes of at least 4 members (excludes halogenated alkanes) is 3. The first-order chi connectivity index (χ1) is 32.6. The van der Waals surface area contributed by atoms with E-state index in [2.05, 4.69) is 43.5 Å². The number of benzene rings is 6. The molecular formula is C54H66N4O8S2. The summed E-state index contributed by atoms with van der Waals surface area (Å²) in [6.07, 6.45) is 4.07. The molecule has 0 aliphatic rings. The molecule has 2 atom stereocenters. The van der Waals surface area contributed by atoms with Gasteiger partial charge in [0.2, 0.25) is 20.0 Å². The first-order valence-electron chi connectivity index (χ1n) is 23.1. The van der Waals surface area contributed by atoms with E-state index in [-0.39, 0.29) is 13.2 Å². The minimum atomic E-state index is -3.65.